The fourth-order valence-electron chi connectivity index (χ4n) is 1.77. The van der Waals surface area contributed by atoms with Gasteiger partial charge in [0.15, 0.2) is 0 Å². The van der Waals surface area contributed by atoms with Gasteiger partial charge >= 0.3 is 0 Å². The second-order valence-corrected chi connectivity index (χ2v) is 4.57. The molecule has 18 heavy (non-hydrogen) atoms. The number of carbonyl (C=O) groups excluding carboxylic acids is 1. The molecule has 0 radical (unpaired) electrons. The van der Waals surface area contributed by atoms with E-state index >= 15 is 0 Å². The Labute approximate surface area is 109 Å². The molecular formula is C13H24N4O. The standard InChI is InChI=1S/C13H24N4O/c1-5-16(6-2)13(18)10-17-8-7-14-12(17)9-15-11(3)4/h7-8,11,15H,5-6,9-10H2,1-4H3. The van der Waals surface area contributed by atoms with Crippen LogP contribution in [0.4, 0.5) is 0 Å². The molecule has 1 rings (SSSR count). The number of rotatable bonds is 7. The van der Waals surface area contributed by atoms with Crippen molar-refractivity contribution in [3.8, 4) is 0 Å². The van der Waals surface area contributed by atoms with Gasteiger partial charge in [-0.1, -0.05) is 13.8 Å². The Morgan fingerprint density at radius 2 is 2.11 bits per heavy atom. The van der Waals surface area contributed by atoms with Gasteiger partial charge in [-0.05, 0) is 13.8 Å². The Morgan fingerprint density at radius 1 is 1.44 bits per heavy atom. The summed E-state index contributed by atoms with van der Waals surface area (Å²) in [5.74, 6) is 1.05. The highest BCUT2D eigenvalue weighted by molar-refractivity contribution is 5.76. The molecule has 0 aliphatic rings. The first kappa shape index (κ1) is 14.7. The number of hydrogen-bond acceptors (Lipinski definition) is 3. The number of nitrogens with one attached hydrogen (secondary N) is 1. The number of likely N-dealkylation sites (N-methyl/N-ethyl adjacent to an activating group) is 1. The summed E-state index contributed by atoms with van der Waals surface area (Å²) in [5.41, 5.74) is 0. The molecule has 0 bridgehead atoms. The van der Waals surface area contributed by atoms with Gasteiger partial charge in [0.1, 0.15) is 12.4 Å². The van der Waals surface area contributed by atoms with Gasteiger partial charge in [-0.25, -0.2) is 4.98 Å². The molecule has 102 valence electrons. The van der Waals surface area contributed by atoms with E-state index in [1.807, 2.05) is 29.5 Å². The largest absolute Gasteiger partial charge is 0.342 e. The van der Waals surface area contributed by atoms with Gasteiger partial charge in [0.05, 0.1) is 6.54 Å². The van der Waals surface area contributed by atoms with Gasteiger partial charge in [0, 0.05) is 31.5 Å². The lowest BCUT2D eigenvalue weighted by Gasteiger charge is -2.19. The highest BCUT2D eigenvalue weighted by atomic mass is 16.2. The van der Waals surface area contributed by atoms with Crippen LogP contribution in [-0.2, 0) is 17.9 Å². The molecule has 5 nitrogen and oxygen atoms in total. The maximum atomic E-state index is 12.0. The van der Waals surface area contributed by atoms with Gasteiger partial charge in [0.2, 0.25) is 5.91 Å². The molecule has 0 aliphatic carbocycles. The van der Waals surface area contributed by atoms with Gasteiger partial charge in [-0.2, -0.15) is 0 Å². The first-order valence-electron chi connectivity index (χ1n) is 6.59. The molecule has 0 fully saturated rings. The molecule has 0 atom stereocenters. The van der Waals surface area contributed by atoms with Crippen LogP contribution >= 0.6 is 0 Å². The van der Waals surface area contributed by atoms with Crippen molar-refractivity contribution in [2.75, 3.05) is 13.1 Å². The SMILES string of the molecule is CCN(CC)C(=O)Cn1ccnc1CNC(C)C. The fraction of sp³-hybridized carbons (Fsp3) is 0.692. The number of nitrogens with zero attached hydrogens (tertiary/aromatic N) is 3. The summed E-state index contributed by atoms with van der Waals surface area (Å²) in [7, 11) is 0. The van der Waals surface area contributed by atoms with Crippen LogP contribution in [0.25, 0.3) is 0 Å². The molecule has 0 unspecified atom stereocenters. The van der Waals surface area contributed by atoms with Crippen molar-refractivity contribution in [3.05, 3.63) is 18.2 Å². The minimum absolute atomic E-state index is 0.142. The number of aromatic nitrogens is 2. The Balaban J connectivity index is 2.61. The van der Waals surface area contributed by atoms with Crippen LogP contribution in [0, 0.1) is 0 Å². The Hall–Kier alpha value is -1.36. The van der Waals surface area contributed by atoms with E-state index in [4.69, 9.17) is 0 Å². The number of imidazole rings is 1. The molecular weight excluding hydrogens is 228 g/mol. The topological polar surface area (TPSA) is 50.2 Å². The van der Waals surface area contributed by atoms with Crippen molar-refractivity contribution in [3.63, 3.8) is 0 Å². The lowest BCUT2D eigenvalue weighted by molar-refractivity contribution is -0.131. The molecule has 0 spiro atoms. The maximum Gasteiger partial charge on any atom is 0.242 e. The van der Waals surface area contributed by atoms with Crippen LogP contribution in [0.5, 0.6) is 0 Å². The van der Waals surface area contributed by atoms with E-state index in [9.17, 15) is 4.79 Å². The predicted octanol–water partition coefficient (Wildman–Crippen LogP) is 1.25. The van der Waals surface area contributed by atoms with E-state index < -0.39 is 0 Å². The number of hydrogen-bond donors (Lipinski definition) is 1. The van der Waals surface area contributed by atoms with E-state index in [-0.39, 0.29) is 5.91 Å². The Kier molecular flexibility index (Phi) is 5.85. The van der Waals surface area contributed by atoms with Crippen LogP contribution in [0.1, 0.15) is 33.5 Å². The van der Waals surface area contributed by atoms with E-state index in [0.29, 0.717) is 19.1 Å². The smallest absolute Gasteiger partial charge is 0.242 e. The van der Waals surface area contributed by atoms with Crippen LogP contribution in [0.2, 0.25) is 0 Å². The second-order valence-electron chi connectivity index (χ2n) is 4.57. The summed E-state index contributed by atoms with van der Waals surface area (Å²) in [6.07, 6.45) is 3.60. The summed E-state index contributed by atoms with van der Waals surface area (Å²) >= 11 is 0. The van der Waals surface area contributed by atoms with Crippen molar-refractivity contribution in [1.82, 2.24) is 19.8 Å². The third kappa shape index (κ3) is 4.14. The van der Waals surface area contributed by atoms with Gasteiger partial charge in [0.25, 0.3) is 0 Å². The lowest BCUT2D eigenvalue weighted by Crippen LogP contribution is -2.34. The first-order valence-corrected chi connectivity index (χ1v) is 6.59. The molecule has 1 heterocycles. The molecule has 0 aromatic carbocycles. The van der Waals surface area contributed by atoms with Crippen LogP contribution in [-0.4, -0.2) is 39.5 Å². The first-order chi connectivity index (χ1) is 8.58. The molecule has 1 N–H and O–H groups in total. The molecule has 0 aliphatic heterocycles. The zero-order valence-electron chi connectivity index (χ0n) is 11.8. The molecule has 1 aromatic heterocycles. The average molecular weight is 252 g/mol. The summed E-state index contributed by atoms with van der Waals surface area (Å²) in [4.78, 5) is 18.1. The highest BCUT2D eigenvalue weighted by Crippen LogP contribution is 2.01. The van der Waals surface area contributed by atoms with E-state index in [2.05, 4.69) is 24.1 Å². The monoisotopic (exact) mass is 252 g/mol. The second kappa shape index (κ2) is 7.16. The van der Waals surface area contributed by atoms with Crippen LogP contribution in [0.3, 0.4) is 0 Å². The summed E-state index contributed by atoms with van der Waals surface area (Å²) in [6.45, 7) is 10.7. The van der Waals surface area contributed by atoms with Gasteiger partial charge in [-0.15, -0.1) is 0 Å². The normalized spacial score (nSPS) is 10.9. The zero-order chi connectivity index (χ0) is 13.5. The Morgan fingerprint density at radius 3 is 2.67 bits per heavy atom. The van der Waals surface area contributed by atoms with Crippen molar-refractivity contribution in [2.24, 2.45) is 0 Å². The third-order valence-corrected chi connectivity index (χ3v) is 2.89. The molecule has 0 saturated heterocycles. The lowest BCUT2D eigenvalue weighted by atomic mass is 10.4. The fourth-order valence-corrected chi connectivity index (χ4v) is 1.77. The minimum Gasteiger partial charge on any atom is -0.342 e. The molecule has 1 amide bonds. The predicted molar refractivity (Wildman–Crippen MR) is 72.1 cm³/mol. The van der Waals surface area contributed by atoms with Crippen LogP contribution in [0.15, 0.2) is 12.4 Å². The maximum absolute atomic E-state index is 12.0. The van der Waals surface area contributed by atoms with Gasteiger partial charge in [-0.3, -0.25) is 4.79 Å². The van der Waals surface area contributed by atoms with Gasteiger partial charge < -0.3 is 14.8 Å². The van der Waals surface area contributed by atoms with Crippen molar-refractivity contribution in [2.45, 2.75) is 46.8 Å². The molecule has 0 saturated carbocycles. The average Bonchev–Trinajstić information content (AvgIpc) is 2.75. The number of amides is 1. The summed E-state index contributed by atoms with van der Waals surface area (Å²) in [5, 5.41) is 3.31. The Bertz CT molecular complexity index is 369. The number of carbonyl (C=O) groups is 1. The van der Waals surface area contributed by atoms with E-state index in [1.54, 1.807) is 6.20 Å². The van der Waals surface area contributed by atoms with E-state index in [0.717, 1.165) is 18.9 Å². The van der Waals surface area contributed by atoms with E-state index in [1.165, 1.54) is 0 Å². The molecule has 1 aromatic rings. The van der Waals surface area contributed by atoms with Crippen LogP contribution < -0.4 is 5.32 Å². The summed E-state index contributed by atoms with van der Waals surface area (Å²) in [6, 6.07) is 0.411. The quantitative estimate of drug-likeness (QED) is 0.794. The van der Waals surface area contributed by atoms with Crippen molar-refractivity contribution in [1.29, 1.82) is 0 Å². The molecule has 5 heteroatoms. The van der Waals surface area contributed by atoms with Crippen molar-refractivity contribution < 1.29 is 4.79 Å². The highest BCUT2D eigenvalue weighted by Gasteiger charge is 2.12. The zero-order valence-corrected chi connectivity index (χ0v) is 11.8. The summed E-state index contributed by atoms with van der Waals surface area (Å²) < 4.78 is 1.91. The third-order valence-electron chi connectivity index (χ3n) is 2.89. The minimum atomic E-state index is 0.142. The van der Waals surface area contributed by atoms with Crippen molar-refractivity contribution >= 4 is 5.91 Å².